The van der Waals surface area contributed by atoms with Crippen molar-refractivity contribution >= 4 is 11.7 Å². The molecule has 1 aliphatic heterocycles. The summed E-state index contributed by atoms with van der Waals surface area (Å²) in [6, 6.07) is 5.59. The standard InChI is InChI=1S/C15H24N4O/c1-3-8-16-14-7-5-6-13(17-14)15(20)19-11-9-18(4-2)10-12-19/h5-7H,3-4,8-12H2,1-2H3,(H,16,17). The summed E-state index contributed by atoms with van der Waals surface area (Å²) in [5.41, 5.74) is 0.538. The van der Waals surface area contributed by atoms with Crippen molar-refractivity contribution in [2.45, 2.75) is 20.3 Å². The van der Waals surface area contributed by atoms with Crippen molar-refractivity contribution in [1.82, 2.24) is 14.8 Å². The SMILES string of the molecule is CCCNc1cccc(C(=O)N2CCN(CC)CC2)n1. The Morgan fingerprint density at radius 1 is 1.25 bits per heavy atom. The fraction of sp³-hybridized carbons (Fsp3) is 0.600. The van der Waals surface area contributed by atoms with Gasteiger partial charge in [0.15, 0.2) is 0 Å². The molecule has 5 nitrogen and oxygen atoms in total. The molecule has 0 unspecified atom stereocenters. The maximum atomic E-state index is 12.4. The fourth-order valence-electron chi connectivity index (χ4n) is 2.33. The highest BCUT2D eigenvalue weighted by molar-refractivity contribution is 5.92. The molecule has 1 amide bonds. The summed E-state index contributed by atoms with van der Waals surface area (Å²) < 4.78 is 0. The number of likely N-dealkylation sites (N-methyl/N-ethyl adjacent to an activating group) is 1. The van der Waals surface area contributed by atoms with Crippen LogP contribution in [0.2, 0.25) is 0 Å². The van der Waals surface area contributed by atoms with Crippen molar-refractivity contribution < 1.29 is 4.79 Å². The number of pyridine rings is 1. The van der Waals surface area contributed by atoms with Crippen LogP contribution in [0.15, 0.2) is 18.2 Å². The number of nitrogens with zero attached hydrogens (tertiary/aromatic N) is 3. The quantitative estimate of drug-likeness (QED) is 0.889. The zero-order valence-corrected chi connectivity index (χ0v) is 12.4. The van der Waals surface area contributed by atoms with Crippen molar-refractivity contribution in [3.63, 3.8) is 0 Å². The van der Waals surface area contributed by atoms with Gasteiger partial charge in [0.25, 0.3) is 5.91 Å². The average molecular weight is 276 g/mol. The van der Waals surface area contributed by atoms with Crippen LogP contribution < -0.4 is 5.32 Å². The molecule has 1 aromatic heterocycles. The third-order valence-electron chi connectivity index (χ3n) is 3.63. The van der Waals surface area contributed by atoms with Crippen molar-refractivity contribution in [2.75, 3.05) is 44.6 Å². The molecule has 0 aromatic carbocycles. The van der Waals surface area contributed by atoms with Gasteiger partial charge in [0, 0.05) is 32.7 Å². The molecule has 0 spiro atoms. The lowest BCUT2D eigenvalue weighted by Gasteiger charge is -2.33. The lowest BCUT2D eigenvalue weighted by Crippen LogP contribution is -2.48. The van der Waals surface area contributed by atoms with Crippen molar-refractivity contribution in [3.05, 3.63) is 23.9 Å². The fourth-order valence-corrected chi connectivity index (χ4v) is 2.33. The molecule has 1 fully saturated rings. The van der Waals surface area contributed by atoms with Crippen LogP contribution in [0.3, 0.4) is 0 Å². The van der Waals surface area contributed by atoms with Crippen LogP contribution in [0.1, 0.15) is 30.8 Å². The molecule has 1 aliphatic rings. The molecule has 1 saturated heterocycles. The number of nitrogens with one attached hydrogen (secondary N) is 1. The summed E-state index contributed by atoms with van der Waals surface area (Å²) >= 11 is 0. The molecule has 5 heteroatoms. The van der Waals surface area contributed by atoms with Gasteiger partial charge >= 0.3 is 0 Å². The van der Waals surface area contributed by atoms with E-state index < -0.39 is 0 Å². The molecular formula is C15H24N4O. The van der Waals surface area contributed by atoms with Gasteiger partial charge < -0.3 is 15.1 Å². The highest BCUT2D eigenvalue weighted by Gasteiger charge is 2.22. The van der Waals surface area contributed by atoms with Gasteiger partial charge in [-0.3, -0.25) is 4.79 Å². The second kappa shape index (κ2) is 7.24. The highest BCUT2D eigenvalue weighted by atomic mass is 16.2. The Hall–Kier alpha value is -1.62. The zero-order valence-electron chi connectivity index (χ0n) is 12.4. The minimum atomic E-state index is 0.0425. The van der Waals surface area contributed by atoms with Crippen LogP contribution in [-0.4, -0.2) is 60.0 Å². The van der Waals surface area contributed by atoms with Crippen LogP contribution in [0.25, 0.3) is 0 Å². The zero-order chi connectivity index (χ0) is 14.4. The molecule has 110 valence electrons. The number of rotatable bonds is 5. The van der Waals surface area contributed by atoms with Gasteiger partial charge in [0.2, 0.25) is 0 Å². The summed E-state index contributed by atoms with van der Waals surface area (Å²) in [7, 11) is 0. The van der Waals surface area contributed by atoms with Gasteiger partial charge in [0.05, 0.1) is 0 Å². The Morgan fingerprint density at radius 3 is 2.65 bits per heavy atom. The topological polar surface area (TPSA) is 48.5 Å². The van der Waals surface area contributed by atoms with Crippen molar-refractivity contribution in [3.8, 4) is 0 Å². The monoisotopic (exact) mass is 276 g/mol. The molecule has 1 aromatic rings. The summed E-state index contributed by atoms with van der Waals surface area (Å²) in [6.07, 6.45) is 1.04. The van der Waals surface area contributed by atoms with Crippen LogP contribution in [0, 0.1) is 0 Å². The van der Waals surface area contributed by atoms with E-state index in [0.29, 0.717) is 5.69 Å². The second-order valence-corrected chi connectivity index (χ2v) is 5.06. The Bertz CT molecular complexity index is 441. The van der Waals surface area contributed by atoms with E-state index in [-0.39, 0.29) is 5.91 Å². The predicted molar refractivity (Wildman–Crippen MR) is 81.0 cm³/mol. The molecule has 0 saturated carbocycles. The number of aromatic nitrogens is 1. The van der Waals surface area contributed by atoms with Crippen molar-refractivity contribution in [2.24, 2.45) is 0 Å². The van der Waals surface area contributed by atoms with Gasteiger partial charge in [-0.1, -0.05) is 19.9 Å². The minimum absolute atomic E-state index is 0.0425. The first-order chi connectivity index (χ1) is 9.74. The summed E-state index contributed by atoms with van der Waals surface area (Å²) in [5, 5.41) is 3.22. The Balaban J connectivity index is 1.98. The molecule has 0 bridgehead atoms. The first-order valence-electron chi connectivity index (χ1n) is 7.47. The normalized spacial score (nSPS) is 16.2. The number of carbonyl (C=O) groups excluding carboxylic acids is 1. The molecule has 20 heavy (non-hydrogen) atoms. The first kappa shape index (κ1) is 14.8. The first-order valence-corrected chi connectivity index (χ1v) is 7.47. The predicted octanol–water partition coefficient (Wildman–Crippen LogP) is 1.68. The van der Waals surface area contributed by atoms with Gasteiger partial charge in [-0.25, -0.2) is 4.98 Å². The van der Waals surface area contributed by atoms with E-state index in [0.717, 1.165) is 51.5 Å². The molecule has 0 radical (unpaired) electrons. The third-order valence-corrected chi connectivity index (χ3v) is 3.63. The van der Waals surface area contributed by atoms with Crippen LogP contribution in [0.5, 0.6) is 0 Å². The van der Waals surface area contributed by atoms with E-state index >= 15 is 0 Å². The van der Waals surface area contributed by atoms with Gasteiger partial charge in [-0.15, -0.1) is 0 Å². The Kier molecular flexibility index (Phi) is 5.35. The van der Waals surface area contributed by atoms with Crippen LogP contribution in [-0.2, 0) is 0 Å². The number of anilines is 1. The third kappa shape index (κ3) is 3.70. The lowest BCUT2D eigenvalue weighted by molar-refractivity contribution is 0.0638. The molecule has 0 aliphatic carbocycles. The molecule has 2 heterocycles. The summed E-state index contributed by atoms with van der Waals surface area (Å²) in [6.45, 7) is 9.68. The van der Waals surface area contributed by atoms with Gasteiger partial charge in [0.1, 0.15) is 11.5 Å². The van der Waals surface area contributed by atoms with E-state index in [9.17, 15) is 4.79 Å². The molecular weight excluding hydrogens is 252 g/mol. The highest BCUT2D eigenvalue weighted by Crippen LogP contribution is 2.10. The average Bonchev–Trinajstić information content (AvgIpc) is 2.52. The maximum absolute atomic E-state index is 12.4. The number of hydrogen-bond donors (Lipinski definition) is 1. The maximum Gasteiger partial charge on any atom is 0.272 e. The minimum Gasteiger partial charge on any atom is -0.370 e. The van der Waals surface area contributed by atoms with E-state index in [1.165, 1.54) is 0 Å². The van der Waals surface area contributed by atoms with Crippen LogP contribution in [0.4, 0.5) is 5.82 Å². The van der Waals surface area contributed by atoms with E-state index in [4.69, 9.17) is 0 Å². The van der Waals surface area contributed by atoms with Gasteiger partial charge in [-0.05, 0) is 25.1 Å². The van der Waals surface area contributed by atoms with E-state index in [1.54, 1.807) is 6.07 Å². The molecule has 2 rings (SSSR count). The Morgan fingerprint density at radius 2 is 2.00 bits per heavy atom. The summed E-state index contributed by atoms with van der Waals surface area (Å²) in [4.78, 5) is 21.1. The molecule has 1 N–H and O–H groups in total. The number of carbonyl (C=O) groups is 1. The molecule has 0 atom stereocenters. The lowest BCUT2D eigenvalue weighted by atomic mass is 10.2. The van der Waals surface area contributed by atoms with Gasteiger partial charge in [-0.2, -0.15) is 0 Å². The summed E-state index contributed by atoms with van der Waals surface area (Å²) in [5.74, 6) is 0.825. The second-order valence-electron chi connectivity index (χ2n) is 5.06. The smallest absolute Gasteiger partial charge is 0.272 e. The van der Waals surface area contributed by atoms with E-state index in [1.807, 2.05) is 17.0 Å². The Labute approximate surface area is 121 Å². The van der Waals surface area contributed by atoms with Crippen LogP contribution >= 0.6 is 0 Å². The largest absolute Gasteiger partial charge is 0.370 e. The number of hydrogen-bond acceptors (Lipinski definition) is 4. The van der Waals surface area contributed by atoms with Crippen molar-refractivity contribution in [1.29, 1.82) is 0 Å². The number of amides is 1. The van der Waals surface area contributed by atoms with E-state index in [2.05, 4.69) is 29.0 Å². The number of piperazine rings is 1.